The second-order valence-electron chi connectivity index (χ2n) is 9.16. The molecule has 0 N–H and O–H groups in total. The topological polar surface area (TPSA) is 70.2 Å². The molecular formula is C28H33N3O4S. The Morgan fingerprint density at radius 3 is 2.08 bits per heavy atom. The fourth-order valence-electron chi connectivity index (χ4n) is 4.70. The van der Waals surface area contributed by atoms with Crippen molar-refractivity contribution < 1.29 is 17.9 Å². The van der Waals surface area contributed by atoms with Gasteiger partial charge in [0.1, 0.15) is 5.75 Å². The van der Waals surface area contributed by atoms with Crippen molar-refractivity contribution in [2.75, 3.05) is 48.7 Å². The summed E-state index contributed by atoms with van der Waals surface area (Å²) in [5.74, 6) is 0.813. The highest BCUT2D eigenvalue weighted by molar-refractivity contribution is 7.92. The number of amides is 1. The molecule has 1 amide bonds. The van der Waals surface area contributed by atoms with E-state index in [1.807, 2.05) is 73.3 Å². The van der Waals surface area contributed by atoms with Crippen molar-refractivity contribution in [3.63, 3.8) is 0 Å². The maximum absolute atomic E-state index is 13.1. The van der Waals surface area contributed by atoms with Crippen LogP contribution in [0.4, 0.5) is 11.4 Å². The van der Waals surface area contributed by atoms with Crippen LogP contribution in [0.3, 0.4) is 0 Å². The van der Waals surface area contributed by atoms with E-state index in [1.165, 1.54) is 10.6 Å². The zero-order valence-electron chi connectivity index (χ0n) is 21.3. The Kier molecular flexibility index (Phi) is 7.54. The minimum absolute atomic E-state index is 0.0176. The van der Waals surface area contributed by atoms with Crippen molar-refractivity contribution in [3.05, 3.63) is 89.0 Å². The predicted octanol–water partition coefficient (Wildman–Crippen LogP) is 4.24. The normalized spacial score (nSPS) is 14.0. The third-order valence-corrected chi connectivity index (χ3v) is 7.72. The van der Waals surface area contributed by atoms with E-state index in [2.05, 4.69) is 4.90 Å². The van der Waals surface area contributed by atoms with Gasteiger partial charge in [-0.2, -0.15) is 0 Å². The third-order valence-electron chi connectivity index (χ3n) is 6.61. The van der Waals surface area contributed by atoms with Gasteiger partial charge in [-0.25, -0.2) is 8.42 Å². The van der Waals surface area contributed by atoms with Gasteiger partial charge in [0.05, 0.1) is 31.3 Å². The number of nitrogens with zero attached hydrogens (tertiary/aromatic N) is 3. The van der Waals surface area contributed by atoms with Gasteiger partial charge in [-0.3, -0.25) is 9.10 Å². The lowest BCUT2D eigenvalue weighted by molar-refractivity contribution is 0.0746. The molecule has 3 aromatic carbocycles. The van der Waals surface area contributed by atoms with Crippen LogP contribution in [0, 0.1) is 13.8 Å². The summed E-state index contributed by atoms with van der Waals surface area (Å²) in [6.07, 6.45) is 1.22. The Morgan fingerprint density at radius 1 is 0.889 bits per heavy atom. The maximum atomic E-state index is 13.1. The van der Waals surface area contributed by atoms with Crippen LogP contribution < -0.4 is 13.9 Å². The standard InChI is InChI=1S/C28H33N3O4S/c1-21-8-7-9-22(2)27(21)31(36(4,33)34)20-23-12-14-24(15-13-23)28(32)30-18-16-29(17-19-30)25-10-5-6-11-26(25)35-3/h5-15H,16-20H2,1-4H3. The molecule has 0 saturated carbocycles. The van der Waals surface area contributed by atoms with Crippen LogP contribution in [0.2, 0.25) is 0 Å². The van der Waals surface area contributed by atoms with Gasteiger partial charge in [0, 0.05) is 31.7 Å². The molecule has 4 rings (SSSR count). The second-order valence-corrected chi connectivity index (χ2v) is 11.1. The van der Waals surface area contributed by atoms with Crippen molar-refractivity contribution in [2.45, 2.75) is 20.4 Å². The lowest BCUT2D eigenvalue weighted by atomic mass is 10.1. The van der Waals surface area contributed by atoms with Crippen LogP contribution >= 0.6 is 0 Å². The van der Waals surface area contributed by atoms with E-state index in [1.54, 1.807) is 19.2 Å². The lowest BCUT2D eigenvalue weighted by Crippen LogP contribution is -2.48. The number of hydrogen-bond donors (Lipinski definition) is 0. The molecule has 3 aromatic rings. The molecule has 1 heterocycles. The van der Waals surface area contributed by atoms with Crippen LogP contribution in [0.15, 0.2) is 66.7 Å². The number of hydrogen-bond acceptors (Lipinski definition) is 5. The molecule has 0 spiro atoms. The highest BCUT2D eigenvalue weighted by Gasteiger charge is 2.25. The molecule has 1 aliphatic heterocycles. The fourth-order valence-corrected chi connectivity index (χ4v) is 5.71. The summed E-state index contributed by atoms with van der Waals surface area (Å²) in [6, 6.07) is 20.9. The van der Waals surface area contributed by atoms with E-state index in [9.17, 15) is 13.2 Å². The monoisotopic (exact) mass is 507 g/mol. The van der Waals surface area contributed by atoms with Gasteiger partial charge in [-0.15, -0.1) is 0 Å². The quantitative estimate of drug-likeness (QED) is 0.479. The molecule has 0 unspecified atom stereocenters. The van der Waals surface area contributed by atoms with Gasteiger partial charge in [0.2, 0.25) is 10.0 Å². The van der Waals surface area contributed by atoms with Crippen LogP contribution in [0.25, 0.3) is 0 Å². The molecule has 0 aliphatic carbocycles. The Bertz CT molecular complexity index is 1310. The number of piperazine rings is 1. The zero-order valence-corrected chi connectivity index (χ0v) is 22.1. The van der Waals surface area contributed by atoms with Gasteiger partial charge >= 0.3 is 0 Å². The maximum Gasteiger partial charge on any atom is 0.253 e. The van der Waals surface area contributed by atoms with Crippen LogP contribution in [-0.4, -0.2) is 58.8 Å². The molecule has 0 aromatic heterocycles. The van der Waals surface area contributed by atoms with E-state index in [0.717, 1.165) is 41.2 Å². The predicted molar refractivity (Wildman–Crippen MR) is 144 cm³/mol. The van der Waals surface area contributed by atoms with Gasteiger partial charge in [-0.1, -0.05) is 42.5 Å². The number of ether oxygens (including phenoxy) is 1. The number of rotatable bonds is 7. The molecule has 0 bridgehead atoms. The number of benzene rings is 3. The van der Waals surface area contributed by atoms with Gasteiger partial charge in [0.25, 0.3) is 5.91 Å². The molecule has 1 aliphatic rings. The minimum atomic E-state index is -3.49. The highest BCUT2D eigenvalue weighted by atomic mass is 32.2. The van der Waals surface area contributed by atoms with E-state index >= 15 is 0 Å². The number of para-hydroxylation sites is 3. The summed E-state index contributed by atoms with van der Waals surface area (Å²) in [6.45, 7) is 6.72. The molecule has 1 fully saturated rings. The zero-order chi connectivity index (χ0) is 25.9. The third kappa shape index (κ3) is 5.49. The number of carbonyl (C=O) groups excluding carboxylic acids is 1. The molecule has 0 radical (unpaired) electrons. The first-order chi connectivity index (χ1) is 17.2. The molecule has 8 heteroatoms. The highest BCUT2D eigenvalue weighted by Crippen LogP contribution is 2.30. The Balaban J connectivity index is 1.44. The average molecular weight is 508 g/mol. The molecule has 0 atom stereocenters. The minimum Gasteiger partial charge on any atom is -0.495 e. The van der Waals surface area contributed by atoms with Crippen LogP contribution in [-0.2, 0) is 16.6 Å². The summed E-state index contributed by atoms with van der Waals surface area (Å²) in [5.41, 5.74) is 4.96. The van der Waals surface area contributed by atoms with E-state index in [-0.39, 0.29) is 12.5 Å². The molecule has 36 heavy (non-hydrogen) atoms. The Labute approximate surface area is 214 Å². The molecular weight excluding hydrogens is 474 g/mol. The van der Waals surface area contributed by atoms with Crippen LogP contribution in [0.5, 0.6) is 5.75 Å². The van der Waals surface area contributed by atoms with E-state index in [4.69, 9.17) is 4.74 Å². The summed E-state index contributed by atoms with van der Waals surface area (Å²) in [5, 5.41) is 0. The lowest BCUT2D eigenvalue weighted by Gasteiger charge is -2.36. The average Bonchev–Trinajstić information content (AvgIpc) is 2.87. The van der Waals surface area contributed by atoms with Crippen molar-refractivity contribution in [1.82, 2.24) is 4.90 Å². The van der Waals surface area contributed by atoms with Crippen molar-refractivity contribution >= 4 is 27.3 Å². The van der Waals surface area contributed by atoms with Crippen molar-refractivity contribution in [3.8, 4) is 5.75 Å². The molecule has 190 valence electrons. The van der Waals surface area contributed by atoms with Gasteiger partial charge < -0.3 is 14.5 Å². The summed E-state index contributed by atoms with van der Waals surface area (Å²) >= 11 is 0. The molecule has 1 saturated heterocycles. The Hall–Kier alpha value is -3.52. The van der Waals surface area contributed by atoms with Gasteiger partial charge in [-0.05, 0) is 54.8 Å². The molecule has 7 nitrogen and oxygen atoms in total. The number of methoxy groups -OCH3 is 1. The smallest absolute Gasteiger partial charge is 0.253 e. The number of anilines is 2. The first-order valence-electron chi connectivity index (χ1n) is 12.0. The number of aryl methyl sites for hydroxylation is 2. The van der Waals surface area contributed by atoms with Gasteiger partial charge in [0.15, 0.2) is 0 Å². The first kappa shape index (κ1) is 25.6. The summed E-state index contributed by atoms with van der Waals surface area (Å²) in [7, 11) is -1.83. The largest absolute Gasteiger partial charge is 0.495 e. The van der Waals surface area contributed by atoms with E-state index < -0.39 is 10.0 Å². The summed E-state index contributed by atoms with van der Waals surface area (Å²) < 4.78 is 32.2. The summed E-state index contributed by atoms with van der Waals surface area (Å²) in [4.78, 5) is 17.2. The Morgan fingerprint density at radius 2 is 1.50 bits per heavy atom. The van der Waals surface area contributed by atoms with E-state index in [0.29, 0.717) is 24.3 Å². The van der Waals surface area contributed by atoms with Crippen molar-refractivity contribution in [2.24, 2.45) is 0 Å². The van der Waals surface area contributed by atoms with Crippen molar-refractivity contribution in [1.29, 1.82) is 0 Å². The number of carbonyl (C=O) groups is 1. The first-order valence-corrected chi connectivity index (χ1v) is 13.8. The SMILES string of the molecule is COc1ccccc1N1CCN(C(=O)c2ccc(CN(c3c(C)cccc3C)S(C)(=O)=O)cc2)CC1. The second kappa shape index (κ2) is 10.6. The fraction of sp³-hybridized carbons (Fsp3) is 0.321. The van der Waals surface area contributed by atoms with Crippen LogP contribution in [0.1, 0.15) is 27.0 Å². The number of sulfonamides is 1.